The van der Waals surface area contributed by atoms with Gasteiger partial charge in [-0.15, -0.1) is 11.3 Å². The van der Waals surface area contributed by atoms with Crippen LogP contribution in [0.5, 0.6) is 0 Å². The second-order valence-corrected chi connectivity index (χ2v) is 7.27. The molecule has 0 amide bonds. The standard InChI is InChI=1S/C21H15ClN2O3S/c22-16-8-4-7-15(9-16)21-24-17(13-28-21)10-20(25)26-12-19-23-11-18(27-19)14-5-2-1-3-6-14/h1-9,11,13H,10,12H2. The fraction of sp³-hybridized carbons (Fsp3) is 0.0952. The summed E-state index contributed by atoms with van der Waals surface area (Å²) >= 11 is 7.47. The lowest BCUT2D eigenvalue weighted by atomic mass is 10.2. The number of benzene rings is 2. The summed E-state index contributed by atoms with van der Waals surface area (Å²) < 4.78 is 10.9. The number of thiazole rings is 1. The number of nitrogens with zero attached hydrogens (tertiary/aromatic N) is 2. The minimum Gasteiger partial charge on any atom is -0.455 e. The summed E-state index contributed by atoms with van der Waals surface area (Å²) in [6.45, 7) is -0.0169. The molecule has 5 nitrogen and oxygen atoms in total. The van der Waals surface area contributed by atoms with Crippen LogP contribution in [0.2, 0.25) is 5.02 Å². The van der Waals surface area contributed by atoms with E-state index in [2.05, 4.69) is 9.97 Å². The molecule has 0 aliphatic rings. The van der Waals surface area contributed by atoms with Gasteiger partial charge in [0.1, 0.15) is 5.01 Å². The predicted molar refractivity (Wildman–Crippen MR) is 108 cm³/mol. The second kappa shape index (κ2) is 8.37. The average Bonchev–Trinajstić information content (AvgIpc) is 3.37. The van der Waals surface area contributed by atoms with Crippen molar-refractivity contribution in [3.63, 3.8) is 0 Å². The Hall–Kier alpha value is -2.96. The van der Waals surface area contributed by atoms with E-state index in [1.165, 1.54) is 11.3 Å². The Morgan fingerprint density at radius 3 is 2.75 bits per heavy atom. The van der Waals surface area contributed by atoms with Gasteiger partial charge in [0, 0.05) is 21.5 Å². The summed E-state index contributed by atoms with van der Waals surface area (Å²) in [6.07, 6.45) is 1.71. The largest absolute Gasteiger partial charge is 0.455 e. The van der Waals surface area contributed by atoms with Gasteiger partial charge in [-0.2, -0.15) is 0 Å². The van der Waals surface area contributed by atoms with Crippen molar-refractivity contribution in [3.8, 4) is 21.9 Å². The highest BCUT2D eigenvalue weighted by Crippen LogP contribution is 2.26. The maximum Gasteiger partial charge on any atom is 0.312 e. The van der Waals surface area contributed by atoms with Gasteiger partial charge in [0.15, 0.2) is 12.4 Å². The van der Waals surface area contributed by atoms with Gasteiger partial charge in [0.05, 0.1) is 18.3 Å². The summed E-state index contributed by atoms with van der Waals surface area (Å²) in [5.41, 5.74) is 2.50. The van der Waals surface area contributed by atoms with Gasteiger partial charge in [-0.25, -0.2) is 9.97 Å². The molecule has 140 valence electrons. The van der Waals surface area contributed by atoms with E-state index in [1.54, 1.807) is 6.20 Å². The van der Waals surface area contributed by atoms with Crippen LogP contribution in [0.3, 0.4) is 0 Å². The number of carbonyl (C=O) groups is 1. The van der Waals surface area contributed by atoms with E-state index in [0.29, 0.717) is 22.4 Å². The Morgan fingerprint density at radius 1 is 1.11 bits per heavy atom. The molecule has 0 aliphatic heterocycles. The van der Waals surface area contributed by atoms with Crippen molar-refractivity contribution in [2.45, 2.75) is 13.0 Å². The molecule has 0 aliphatic carbocycles. The maximum absolute atomic E-state index is 12.1. The molecule has 28 heavy (non-hydrogen) atoms. The number of aromatic nitrogens is 2. The first-order valence-corrected chi connectivity index (χ1v) is 9.79. The summed E-state index contributed by atoms with van der Waals surface area (Å²) in [5.74, 6) is 0.602. The maximum atomic E-state index is 12.1. The van der Waals surface area contributed by atoms with E-state index < -0.39 is 0 Å². The molecule has 7 heteroatoms. The van der Waals surface area contributed by atoms with Crippen molar-refractivity contribution < 1.29 is 13.9 Å². The fourth-order valence-corrected chi connectivity index (χ4v) is 3.60. The third kappa shape index (κ3) is 4.47. The smallest absolute Gasteiger partial charge is 0.312 e. The van der Waals surface area contributed by atoms with Crippen molar-refractivity contribution in [3.05, 3.63) is 82.8 Å². The molecule has 2 aromatic carbocycles. The topological polar surface area (TPSA) is 65.2 Å². The van der Waals surface area contributed by atoms with E-state index in [9.17, 15) is 4.79 Å². The van der Waals surface area contributed by atoms with E-state index in [1.807, 2.05) is 60.0 Å². The number of hydrogen-bond acceptors (Lipinski definition) is 6. The average molecular weight is 411 g/mol. The van der Waals surface area contributed by atoms with Crippen LogP contribution in [0.25, 0.3) is 21.9 Å². The van der Waals surface area contributed by atoms with Crippen molar-refractivity contribution in [1.82, 2.24) is 9.97 Å². The molecular formula is C21H15ClN2O3S. The van der Waals surface area contributed by atoms with Crippen LogP contribution in [-0.4, -0.2) is 15.9 Å². The number of esters is 1. The first kappa shape index (κ1) is 18.4. The molecule has 0 saturated carbocycles. The molecule has 2 aromatic heterocycles. The third-order valence-electron chi connectivity index (χ3n) is 3.92. The highest BCUT2D eigenvalue weighted by Gasteiger charge is 2.13. The van der Waals surface area contributed by atoms with Gasteiger partial charge in [-0.05, 0) is 12.1 Å². The normalized spacial score (nSPS) is 10.8. The van der Waals surface area contributed by atoms with Gasteiger partial charge in [0.25, 0.3) is 0 Å². The van der Waals surface area contributed by atoms with Crippen LogP contribution in [-0.2, 0) is 22.6 Å². The molecule has 0 saturated heterocycles. The number of carbonyl (C=O) groups excluding carboxylic acids is 1. The lowest BCUT2D eigenvalue weighted by molar-refractivity contribution is -0.144. The number of ether oxygens (including phenoxy) is 1. The van der Waals surface area contributed by atoms with Gasteiger partial charge in [0.2, 0.25) is 5.89 Å². The van der Waals surface area contributed by atoms with Crippen LogP contribution < -0.4 is 0 Å². The number of rotatable bonds is 6. The highest BCUT2D eigenvalue weighted by atomic mass is 35.5. The van der Waals surface area contributed by atoms with E-state index in [4.69, 9.17) is 20.8 Å². The molecule has 0 radical (unpaired) electrons. The fourth-order valence-electron chi connectivity index (χ4n) is 2.60. The molecule has 0 bridgehead atoms. The number of hydrogen-bond donors (Lipinski definition) is 0. The van der Waals surface area contributed by atoms with Crippen LogP contribution in [0, 0.1) is 0 Å². The van der Waals surface area contributed by atoms with Crippen LogP contribution in [0.1, 0.15) is 11.6 Å². The minimum atomic E-state index is -0.387. The minimum absolute atomic E-state index is 0.0169. The Kier molecular flexibility index (Phi) is 5.50. The van der Waals surface area contributed by atoms with Crippen LogP contribution in [0.15, 0.2) is 70.6 Å². The van der Waals surface area contributed by atoms with Gasteiger partial charge >= 0.3 is 5.97 Å². The number of halogens is 1. The summed E-state index contributed by atoms with van der Waals surface area (Å²) in [6, 6.07) is 17.1. The number of oxazole rings is 1. The Morgan fingerprint density at radius 2 is 1.93 bits per heavy atom. The third-order valence-corrected chi connectivity index (χ3v) is 5.09. The van der Waals surface area contributed by atoms with Crippen molar-refractivity contribution in [2.24, 2.45) is 0 Å². The predicted octanol–water partition coefficient (Wildman–Crippen LogP) is 5.40. The molecule has 2 heterocycles. The zero-order chi connectivity index (χ0) is 19.3. The molecule has 0 fully saturated rings. The van der Waals surface area contributed by atoms with Crippen molar-refractivity contribution >= 4 is 28.9 Å². The zero-order valence-electron chi connectivity index (χ0n) is 14.7. The Labute approximate surface area is 170 Å². The van der Waals surface area contributed by atoms with Crippen molar-refractivity contribution in [1.29, 1.82) is 0 Å². The van der Waals surface area contributed by atoms with Gasteiger partial charge < -0.3 is 9.15 Å². The zero-order valence-corrected chi connectivity index (χ0v) is 16.2. The highest BCUT2D eigenvalue weighted by molar-refractivity contribution is 7.13. The first-order chi connectivity index (χ1) is 13.7. The molecule has 0 spiro atoms. The summed E-state index contributed by atoms with van der Waals surface area (Å²) in [5, 5.41) is 3.30. The van der Waals surface area contributed by atoms with E-state index in [-0.39, 0.29) is 19.0 Å². The second-order valence-electron chi connectivity index (χ2n) is 5.98. The van der Waals surface area contributed by atoms with Crippen LogP contribution >= 0.6 is 22.9 Å². The summed E-state index contributed by atoms with van der Waals surface area (Å²) in [4.78, 5) is 20.7. The molecule has 0 N–H and O–H groups in total. The Bertz CT molecular complexity index is 1090. The Balaban J connectivity index is 1.34. The lowest BCUT2D eigenvalue weighted by Crippen LogP contribution is -2.08. The SMILES string of the molecule is O=C(Cc1csc(-c2cccc(Cl)c2)n1)OCc1ncc(-c2ccccc2)o1. The quantitative estimate of drug-likeness (QED) is 0.398. The first-order valence-electron chi connectivity index (χ1n) is 8.53. The van der Waals surface area contributed by atoms with E-state index in [0.717, 1.165) is 16.1 Å². The molecule has 4 aromatic rings. The molecule has 0 atom stereocenters. The van der Waals surface area contributed by atoms with Gasteiger partial charge in [-0.3, -0.25) is 4.79 Å². The lowest BCUT2D eigenvalue weighted by Gasteiger charge is -2.01. The van der Waals surface area contributed by atoms with Gasteiger partial charge in [-0.1, -0.05) is 54.1 Å². The molecular weight excluding hydrogens is 396 g/mol. The van der Waals surface area contributed by atoms with Crippen LogP contribution in [0.4, 0.5) is 0 Å². The monoisotopic (exact) mass is 410 g/mol. The summed E-state index contributed by atoms with van der Waals surface area (Å²) in [7, 11) is 0. The molecule has 4 rings (SSSR count). The van der Waals surface area contributed by atoms with Crippen molar-refractivity contribution in [2.75, 3.05) is 0 Å². The molecule has 0 unspecified atom stereocenters. The van der Waals surface area contributed by atoms with E-state index >= 15 is 0 Å².